The molecule has 0 saturated heterocycles. The minimum Gasteiger partial charge on any atom is -0.494 e. The Morgan fingerprint density at radius 3 is 2.76 bits per heavy atom. The van der Waals surface area contributed by atoms with Crippen molar-refractivity contribution in [1.29, 1.82) is 0 Å². The molecule has 4 nitrogen and oxygen atoms in total. The van der Waals surface area contributed by atoms with Gasteiger partial charge in [0.15, 0.2) is 11.6 Å². The number of hydrogen-bond donors (Lipinski definition) is 1. The van der Waals surface area contributed by atoms with Gasteiger partial charge in [0.2, 0.25) is 0 Å². The molecule has 1 aromatic carbocycles. The van der Waals surface area contributed by atoms with Gasteiger partial charge in [-0.05, 0) is 46.6 Å². The number of carbonyl (C=O) groups is 1. The number of benzene rings is 1. The smallest absolute Gasteiger partial charge is 0.253 e. The molecule has 21 heavy (non-hydrogen) atoms. The highest BCUT2D eigenvalue weighted by molar-refractivity contribution is 9.10. The fraction of sp³-hybridized carbons (Fsp3) is 0.200. The van der Waals surface area contributed by atoms with Crippen LogP contribution >= 0.6 is 15.9 Å². The molecular weight excluding hydrogens is 339 g/mol. The third-order valence-corrected chi connectivity index (χ3v) is 3.42. The van der Waals surface area contributed by atoms with Gasteiger partial charge >= 0.3 is 0 Å². The molecule has 1 atom stereocenters. The van der Waals surface area contributed by atoms with Gasteiger partial charge in [0.05, 0.1) is 18.7 Å². The molecule has 0 bridgehead atoms. The summed E-state index contributed by atoms with van der Waals surface area (Å²) in [5, 5.41) is 2.80. The number of halogens is 2. The SMILES string of the molecule is COc1ccc([C@H](C)NC(=O)c2cncc(Br)c2)cc1F. The second kappa shape index (κ2) is 6.67. The van der Waals surface area contributed by atoms with Gasteiger partial charge in [-0.1, -0.05) is 6.07 Å². The van der Waals surface area contributed by atoms with Crippen molar-refractivity contribution in [3.8, 4) is 5.75 Å². The summed E-state index contributed by atoms with van der Waals surface area (Å²) in [6.07, 6.45) is 3.07. The number of carbonyl (C=O) groups excluding carboxylic acids is 1. The van der Waals surface area contributed by atoms with Crippen molar-refractivity contribution in [3.05, 3.63) is 58.1 Å². The van der Waals surface area contributed by atoms with Crippen molar-refractivity contribution in [2.24, 2.45) is 0 Å². The largest absolute Gasteiger partial charge is 0.494 e. The quantitative estimate of drug-likeness (QED) is 0.916. The zero-order chi connectivity index (χ0) is 15.4. The van der Waals surface area contributed by atoms with Gasteiger partial charge in [0, 0.05) is 16.9 Å². The topological polar surface area (TPSA) is 51.2 Å². The van der Waals surface area contributed by atoms with E-state index >= 15 is 0 Å². The lowest BCUT2D eigenvalue weighted by atomic mass is 10.1. The molecule has 0 aliphatic heterocycles. The van der Waals surface area contributed by atoms with Crippen molar-refractivity contribution in [2.75, 3.05) is 7.11 Å². The van der Waals surface area contributed by atoms with Crippen molar-refractivity contribution >= 4 is 21.8 Å². The van der Waals surface area contributed by atoms with Gasteiger partial charge in [0.1, 0.15) is 0 Å². The monoisotopic (exact) mass is 352 g/mol. The lowest BCUT2D eigenvalue weighted by Gasteiger charge is -2.15. The Hall–Kier alpha value is -1.95. The summed E-state index contributed by atoms with van der Waals surface area (Å²) in [5.41, 5.74) is 1.09. The van der Waals surface area contributed by atoms with Crippen molar-refractivity contribution in [1.82, 2.24) is 10.3 Å². The minimum absolute atomic E-state index is 0.175. The van der Waals surface area contributed by atoms with Gasteiger partial charge in [0.25, 0.3) is 5.91 Å². The molecular formula is C15H14BrFN2O2. The average molecular weight is 353 g/mol. The Bertz CT molecular complexity index is 664. The van der Waals surface area contributed by atoms with Crippen LogP contribution in [0.5, 0.6) is 5.75 Å². The Kier molecular flexibility index (Phi) is 4.90. The molecule has 1 amide bonds. The van der Waals surface area contributed by atoms with Crippen molar-refractivity contribution < 1.29 is 13.9 Å². The maximum absolute atomic E-state index is 13.7. The van der Waals surface area contributed by atoms with Gasteiger partial charge in [-0.3, -0.25) is 9.78 Å². The van der Waals surface area contributed by atoms with Crippen LogP contribution < -0.4 is 10.1 Å². The van der Waals surface area contributed by atoms with Crippen LogP contribution in [0.4, 0.5) is 4.39 Å². The Morgan fingerprint density at radius 1 is 1.38 bits per heavy atom. The third kappa shape index (κ3) is 3.78. The van der Waals surface area contributed by atoms with Crippen LogP contribution in [0.2, 0.25) is 0 Å². The summed E-state index contributed by atoms with van der Waals surface area (Å²) in [4.78, 5) is 16.0. The summed E-state index contributed by atoms with van der Waals surface area (Å²) in [5.74, 6) is -0.554. The molecule has 1 N–H and O–H groups in total. The molecule has 6 heteroatoms. The first-order chi connectivity index (χ1) is 10.0. The summed E-state index contributed by atoms with van der Waals surface area (Å²) in [7, 11) is 1.41. The number of hydrogen-bond acceptors (Lipinski definition) is 3. The van der Waals surface area contributed by atoms with E-state index in [-0.39, 0.29) is 17.7 Å². The van der Waals surface area contributed by atoms with E-state index in [1.54, 1.807) is 25.3 Å². The van der Waals surface area contributed by atoms with E-state index in [9.17, 15) is 9.18 Å². The number of rotatable bonds is 4. The number of nitrogens with one attached hydrogen (secondary N) is 1. The highest BCUT2D eigenvalue weighted by Gasteiger charge is 2.14. The molecule has 110 valence electrons. The van der Waals surface area contributed by atoms with E-state index in [1.165, 1.54) is 25.4 Å². The molecule has 0 fully saturated rings. The summed E-state index contributed by atoms with van der Waals surface area (Å²) in [6.45, 7) is 1.78. The maximum atomic E-state index is 13.7. The highest BCUT2D eigenvalue weighted by atomic mass is 79.9. The normalized spacial score (nSPS) is 11.8. The first-order valence-electron chi connectivity index (χ1n) is 6.26. The second-order valence-electron chi connectivity index (χ2n) is 4.48. The van der Waals surface area contributed by atoms with E-state index in [0.717, 1.165) is 4.47 Å². The van der Waals surface area contributed by atoms with Crippen LogP contribution in [0.15, 0.2) is 41.1 Å². The minimum atomic E-state index is -0.458. The van der Waals surface area contributed by atoms with Crippen molar-refractivity contribution in [3.63, 3.8) is 0 Å². The van der Waals surface area contributed by atoms with Crippen LogP contribution in [-0.4, -0.2) is 18.0 Å². The fourth-order valence-corrected chi connectivity index (χ4v) is 2.22. The zero-order valence-electron chi connectivity index (χ0n) is 11.6. The maximum Gasteiger partial charge on any atom is 0.253 e. The molecule has 0 saturated carbocycles. The van der Waals surface area contributed by atoms with E-state index in [1.807, 2.05) is 0 Å². The van der Waals surface area contributed by atoms with E-state index in [4.69, 9.17) is 4.74 Å². The van der Waals surface area contributed by atoms with E-state index < -0.39 is 5.82 Å². The molecule has 2 aromatic rings. The van der Waals surface area contributed by atoms with Crippen LogP contribution in [0.25, 0.3) is 0 Å². The van der Waals surface area contributed by atoms with Crippen LogP contribution in [-0.2, 0) is 0 Å². The summed E-state index contributed by atoms with van der Waals surface area (Å²) >= 11 is 3.26. The lowest BCUT2D eigenvalue weighted by Crippen LogP contribution is -2.26. The standard InChI is InChI=1S/C15H14BrFN2O2/c1-9(10-3-4-14(21-2)13(17)6-10)19-15(20)11-5-12(16)8-18-7-11/h3-9H,1-2H3,(H,19,20)/t9-/m0/s1. The number of ether oxygens (including phenoxy) is 1. The molecule has 0 aliphatic carbocycles. The Balaban J connectivity index is 2.12. The molecule has 2 rings (SSSR count). The predicted octanol–water partition coefficient (Wildman–Crippen LogP) is 3.48. The number of aromatic nitrogens is 1. The molecule has 0 radical (unpaired) electrons. The van der Waals surface area contributed by atoms with Gasteiger partial charge in [-0.25, -0.2) is 4.39 Å². The number of methoxy groups -OCH3 is 1. The molecule has 0 aliphatic rings. The molecule has 1 heterocycles. The Morgan fingerprint density at radius 2 is 2.14 bits per heavy atom. The zero-order valence-corrected chi connectivity index (χ0v) is 13.1. The fourth-order valence-electron chi connectivity index (χ4n) is 1.85. The van der Waals surface area contributed by atoms with Crippen LogP contribution in [0, 0.1) is 5.82 Å². The second-order valence-corrected chi connectivity index (χ2v) is 5.40. The van der Waals surface area contributed by atoms with Gasteiger partial charge in [-0.15, -0.1) is 0 Å². The van der Waals surface area contributed by atoms with Gasteiger partial charge in [-0.2, -0.15) is 0 Å². The summed E-state index contributed by atoms with van der Waals surface area (Å²) < 4.78 is 19.3. The first-order valence-corrected chi connectivity index (χ1v) is 7.05. The number of amides is 1. The molecule has 0 unspecified atom stereocenters. The molecule has 0 spiro atoms. The Labute approximate surface area is 130 Å². The van der Waals surface area contributed by atoms with Gasteiger partial charge < -0.3 is 10.1 Å². The summed E-state index contributed by atoms with van der Waals surface area (Å²) in [6, 6.07) is 5.93. The highest BCUT2D eigenvalue weighted by Crippen LogP contribution is 2.22. The van der Waals surface area contributed by atoms with E-state index in [0.29, 0.717) is 11.1 Å². The van der Waals surface area contributed by atoms with Crippen LogP contribution in [0.1, 0.15) is 28.9 Å². The average Bonchev–Trinajstić information content (AvgIpc) is 2.47. The van der Waals surface area contributed by atoms with E-state index in [2.05, 4.69) is 26.2 Å². The number of pyridine rings is 1. The lowest BCUT2D eigenvalue weighted by molar-refractivity contribution is 0.0939. The number of nitrogens with zero attached hydrogens (tertiary/aromatic N) is 1. The molecule has 1 aromatic heterocycles. The predicted molar refractivity (Wildman–Crippen MR) is 80.8 cm³/mol. The van der Waals surface area contributed by atoms with Crippen molar-refractivity contribution in [2.45, 2.75) is 13.0 Å². The third-order valence-electron chi connectivity index (χ3n) is 2.99. The van der Waals surface area contributed by atoms with Crippen LogP contribution in [0.3, 0.4) is 0 Å². The first kappa shape index (κ1) is 15.4.